The van der Waals surface area contributed by atoms with E-state index in [0.29, 0.717) is 0 Å². The van der Waals surface area contributed by atoms with Gasteiger partial charge in [0.1, 0.15) is 4.90 Å². The second kappa shape index (κ2) is 4.73. The second-order valence-corrected chi connectivity index (χ2v) is 5.57. The standard InChI is InChI=1S/C11H11N3O4S/c1-14-3-2-10(7-14)19(17,18)13-9-4-8(11(15)16)5-12-6-9/h2-7,13H,1H3,(H,15,16). The van der Waals surface area contributed by atoms with E-state index in [1.54, 1.807) is 17.8 Å². The van der Waals surface area contributed by atoms with Crippen LogP contribution in [0.1, 0.15) is 10.4 Å². The van der Waals surface area contributed by atoms with Crippen molar-refractivity contribution >= 4 is 21.7 Å². The number of aromatic carboxylic acids is 1. The molecule has 0 bridgehead atoms. The molecule has 0 saturated carbocycles. The predicted octanol–water partition coefficient (Wildman–Crippen LogP) is 0.919. The first kappa shape index (κ1) is 13.1. The van der Waals surface area contributed by atoms with Gasteiger partial charge in [-0.25, -0.2) is 13.2 Å². The molecule has 0 aromatic carbocycles. The van der Waals surface area contributed by atoms with E-state index >= 15 is 0 Å². The van der Waals surface area contributed by atoms with Crippen LogP contribution < -0.4 is 4.72 Å². The third-order valence-electron chi connectivity index (χ3n) is 2.35. The zero-order valence-electron chi connectivity index (χ0n) is 9.94. The lowest BCUT2D eigenvalue weighted by atomic mass is 10.3. The molecule has 0 fully saturated rings. The van der Waals surface area contributed by atoms with Gasteiger partial charge < -0.3 is 9.67 Å². The van der Waals surface area contributed by atoms with E-state index in [1.165, 1.54) is 24.5 Å². The maximum absolute atomic E-state index is 12.0. The zero-order chi connectivity index (χ0) is 14.0. The highest BCUT2D eigenvalue weighted by atomic mass is 32.2. The highest BCUT2D eigenvalue weighted by Gasteiger charge is 2.16. The summed E-state index contributed by atoms with van der Waals surface area (Å²) in [6.45, 7) is 0. The number of carbonyl (C=O) groups is 1. The molecule has 0 unspecified atom stereocenters. The molecule has 0 aliphatic rings. The highest BCUT2D eigenvalue weighted by Crippen LogP contribution is 2.16. The molecule has 0 aliphatic carbocycles. The number of carboxylic acid groups (broad SMARTS) is 1. The Morgan fingerprint density at radius 2 is 2.16 bits per heavy atom. The molecule has 2 aromatic heterocycles. The molecule has 0 aliphatic heterocycles. The molecule has 0 spiro atoms. The summed E-state index contributed by atoms with van der Waals surface area (Å²) in [6, 6.07) is 2.65. The Kier molecular flexibility index (Phi) is 3.26. The summed E-state index contributed by atoms with van der Waals surface area (Å²) in [5.41, 5.74) is 0.0111. The van der Waals surface area contributed by atoms with Crippen molar-refractivity contribution in [2.75, 3.05) is 4.72 Å². The van der Waals surface area contributed by atoms with Crippen LogP contribution in [-0.4, -0.2) is 29.0 Å². The Morgan fingerprint density at radius 3 is 2.74 bits per heavy atom. The molecule has 8 heteroatoms. The van der Waals surface area contributed by atoms with Gasteiger partial charge in [0.05, 0.1) is 17.4 Å². The fourth-order valence-electron chi connectivity index (χ4n) is 1.46. The molecule has 0 saturated heterocycles. The Labute approximate surface area is 109 Å². The van der Waals surface area contributed by atoms with E-state index in [4.69, 9.17) is 5.11 Å². The molecule has 0 radical (unpaired) electrons. The third-order valence-corrected chi connectivity index (χ3v) is 3.72. The van der Waals surface area contributed by atoms with Gasteiger partial charge in [-0.15, -0.1) is 0 Å². The van der Waals surface area contributed by atoms with E-state index in [1.807, 2.05) is 0 Å². The molecule has 19 heavy (non-hydrogen) atoms. The third kappa shape index (κ3) is 2.91. The summed E-state index contributed by atoms with van der Waals surface area (Å²) in [5.74, 6) is -1.17. The van der Waals surface area contributed by atoms with Gasteiger partial charge >= 0.3 is 5.97 Å². The summed E-state index contributed by atoms with van der Waals surface area (Å²) in [6.07, 6.45) is 5.42. The summed E-state index contributed by atoms with van der Waals surface area (Å²) in [4.78, 5) is 14.5. The molecule has 2 heterocycles. The van der Waals surface area contributed by atoms with Gasteiger partial charge in [0.25, 0.3) is 10.0 Å². The van der Waals surface area contributed by atoms with Crippen LogP contribution in [-0.2, 0) is 17.1 Å². The minimum Gasteiger partial charge on any atom is -0.478 e. The number of nitrogens with one attached hydrogen (secondary N) is 1. The zero-order valence-corrected chi connectivity index (χ0v) is 10.8. The molecule has 0 amide bonds. The van der Waals surface area contributed by atoms with E-state index in [0.717, 1.165) is 6.20 Å². The Hall–Kier alpha value is -2.35. The van der Waals surface area contributed by atoms with E-state index in [9.17, 15) is 13.2 Å². The first-order chi connectivity index (χ1) is 8.88. The SMILES string of the molecule is Cn1ccc(S(=O)(=O)Nc2cncc(C(=O)O)c2)c1. The number of hydrogen-bond donors (Lipinski definition) is 2. The number of rotatable bonds is 4. The number of carboxylic acids is 1. The highest BCUT2D eigenvalue weighted by molar-refractivity contribution is 7.92. The van der Waals surface area contributed by atoms with Crippen LogP contribution in [0.3, 0.4) is 0 Å². The Morgan fingerprint density at radius 1 is 1.42 bits per heavy atom. The van der Waals surface area contributed by atoms with Crippen LogP contribution in [0.2, 0.25) is 0 Å². The summed E-state index contributed by atoms with van der Waals surface area (Å²) in [7, 11) is -2.04. The lowest BCUT2D eigenvalue weighted by molar-refractivity contribution is 0.0696. The number of aryl methyl sites for hydroxylation is 1. The van der Waals surface area contributed by atoms with Crippen LogP contribution in [0, 0.1) is 0 Å². The van der Waals surface area contributed by atoms with Gasteiger partial charge in [-0.2, -0.15) is 0 Å². The maximum atomic E-state index is 12.0. The van der Waals surface area contributed by atoms with Crippen molar-refractivity contribution in [1.29, 1.82) is 0 Å². The first-order valence-corrected chi connectivity index (χ1v) is 6.70. The first-order valence-electron chi connectivity index (χ1n) is 5.21. The molecule has 2 N–H and O–H groups in total. The van der Waals surface area contributed by atoms with Crippen molar-refractivity contribution < 1.29 is 18.3 Å². The Balaban J connectivity index is 2.30. The van der Waals surface area contributed by atoms with Gasteiger partial charge in [-0.1, -0.05) is 0 Å². The van der Waals surface area contributed by atoms with Crippen molar-refractivity contribution in [3.63, 3.8) is 0 Å². The minimum absolute atomic E-state index is 0.0896. The monoisotopic (exact) mass is 281 g/mol. The normalized spacial score (nSPS) is 11.2. The molecule has 2 aromatic rings. The number of anilines is 1. The van der Waals surface area contributed by atoms with Crippen molar-refractivity contribution in [1.82, 2.24) is 9.55 Å². The van der Waals surface area contributed by atoms with Gasteiger partial charge in [0, 0.05) is 25.6 Å². The van der Waals surface area contributed by atoms with Crippen LogP contribution in [0.4, 0.5) is 5.69 Å². The van der Waals surface area contributed by atoms with Crippen LogP contribution >= 0.6 is 0 Å². The number of pyridine rings is 1. The van der Waals surface area contributed by atoms with Gasteiger partial charge in [-0.05, 0) is 12.1 Å². The van der Waals surface area contributed by atoms with Crippen molar-refractivity contribution in [2.24, 2.45) is 7.05 Å². The topological polar surface area (TPSA) is 101 Å². The maximum Gasteiger partial charge on any atom is 0.337 e. The lowest BCUT2D eigenvalue weighted by Gasteiger charge is -2.06. The quantitative estimate of drug-likeness (QED) is 0.867. The largest absolute Gasteiger partial charge is 0.478 e. The van der Waals surface area contributed by atoms with Gasteiger partial charge in [0.2, 0.25) is 0 Å². The van der Waals surface area contributed by atoms with Crippen molar-refractivity contribution in [3.05, 3.63) is 42.5 Å². The second-order valence-electron chi connectivity index (χ2n) is 3.89. The van der Waals surface area contributed by atoms with E-state index in [-0.39, 0.29) is 16.1 Å². The molecule has 100 valence electrons. The van der Waals surface area contributed by atoms with E-state index < -0.39 is 16.0 Å². The van der Waals surface area contributed by atoms with Crippen LogP contribution in [0.25, 0.3) is 0 Å². The Bertz CT molecular complexity index is 721. The average molecular weight is 281 g/mol. The molecule has 7 nitrogen and oxygen atoms in total. The fraction of sp³-hybridized carbons (Fsp3) is 0.0909. The summed E-state index contributed by atoms with van der Waals surface area (Å²) in [5, 5.41) is 8.81. The minimum atomic E-state index is -3.74. The summed E-state index contributed by atoms with van der Waals surface area (Å²) >= 11 is 0. The van der Waals surface area contributed by atoms with Crippen molar-refractivity contribution in [3.8, 4) is 0 Å². The van der Waals surface area contributed by atoms with Crippen molar-refractivity contribution in [2.45, 2.75) is 4.90 Å². The number of hydrogen-bond acceptors (Lipinski definition) is 4. The smallest absolute Gasteiger partial charge is 0.337 e. The fourth-order valence-corrected chi connectivity index (χ4v) is 2.55. The lowest BCUT2D eigenvalue weighted by Crippen LogP contribution is -2.13. The average Bonchev–Trinajstić information content (AvgIpc) is 2.76. The summed E-state index contributed by atoms with van der Waals surface area (Å²) < 4.78 is 27.9. The van der Waals surface area contributed by atoms with Gasteiger partial charge in [0.15, 0.2) is 0 Å². The van der Waals surface area contributed by atoms with Gasteiger partial charge in [-0.3, -0.25) is 9.71 Å². The molecule has 0 atom stereocenters. The van der Waals surface area contributed by atoms with Crippen LogP contribution in [0.5, 0.6) is 0 Å². The number of sulfonamides is 1. The predicted molar refractivity (Wildman–Crippen MR) is 67.4 cm³/mol. The molecule has 2 rings (SSSR count). The van der Waals surface area contributed by atoms with E-state index in [2.05, 4.69) is 9.71 Å². The number of nitrogens with zero attached hydrogens (tertiary/aromatic N) is 2. The number of aromatic nitrogens is 2. The molecular weight excluding hydrogens is 270 g/mol. The van der Waals surface area contributed by atoms with Crippen LogP contribution in [0.15, 0.2) is 41.8 Å². The molecular formula is C11H11N3O4S.